The highest BCUT2D eigenvalue weighted by Gasteiger charge is 2.26. The SMILES string of the molecule is Cc1nc2c(c(N3CCC(NC(=O)c4cc5ccccc5o4)CC3)n1)CCCC2. The first-order valence-electron chi connectivity index (χ1n) is 10.6. The van der Waals surface area contributed by atoms with Crippen LogP contribution in [0.3, 0.4) is 0 Å². The van der Waals surface area contributed by atoms with Crippen LogP contribution in [-0.4, -0.2) is 35.0 Å². The minimum absolute atomic E-state index is 0.130. The van der Waals surface area contributed by atoms with E-state index in [0.29, 0.717) is 5.76 Å². The summed E-state index contributed by atoms with van der Waals surface area (Å²) in [5, 5.41) is 4.10. The average Bonchev–Trinajstić information content (AvgIpc) is 3.18. The normalized spacial score (nSPS) is 17.3. The Morgan fingerprint density at radius 3 is 2.76 bits per heavy atom. The number of piperidine rings is 1. The molecule has 6 heteroatoms. The highest BCUT2D eigenvalue weighted by molar-refractivity contribution is 5.96. The summed E-state index contributed by atoms with van der Waals surface area (Å²) in [5.41, 5.74) is 3.32. The van der Waals surface area contributed by atoms with E-state index in [0.717, 1.165) is 61.4 Å². The second-order valence-corrected chi connectivity index (χ2v) is 8.11. The summed E-state index contributed by atoms with van der Waals surface area (Å²) in [7, 11) is 0. The average molecular weight is 390 g/mol. The lowest BCUT2D eigenvalue weighted by atomic mass is 9.95. The van der Waals surface area contributed by atoms with Gasteiger partial charge >= 0.3 is 0 Å². The first kappa shape index (κ1) is 18.2. The van der Waals surface area contributed by atoms with Crippen LogP contribution in [0.15, 0.2) is 34.7 Å². The van der Waals surface area contributed by atoms with Crippen LogP contribution in [0.4, 0.5) is 5.82 Å². The van der Waals surface area contributed by atoms with Crippen LogP contribution >= 0.6 is 0 Å². The van der Waals surface area contributed by atoms with E-state index in [9.17, 15) is 4.79 Å². The van der Waals surface area contributed by atoms with Gasteiger partial charge in [0, 0.05) is 35.8 Å². The molecular formula is C23H26N4O2. The van der Waals surface area contributed by atoms with E-state index in [1.807, 2.05) is 37.3 Å². The Morgan fingerprint density at radius 1 is 1.14 bits per heavy atom. The molecule has 1 N–H and O–H groups in total. The lowest BCUT2D eigenvalue weighted by Crippen LogP contribution is -2.45. The van der Waals surface area contributed by atoms with E-state index in [1.54, 1.807) is 0 Å². The van der Waals surface area contributed by atoms with Crippen LogP contribution in [-0.2, 0) is 12.8 Å². The first-order valence-corrected chi connectivity index (χ1v) is 10.6. The molecule has 0 unspecified atom stereocenters. The van der Waals surface area contributed by atoms with Crippen molar-refractivity contribution in [1.82, 2.24) is 15.3 Å². The van der Waals surface area contributed by atoms with Gasteiger partial charge in [-0.2, -0.15) is 0 Å². The third-order valence-electron chi connectivity index (χ3n) is 6.05. The number of nitrogens with zero attached hydrogens (tertiary/aromatic N) is 3. The fraction of sp³-hybridized carbons (Fsp3) is 0.435. The molecule has 0 atom stereocenters. The highest BCUT2D eigenvalue weighted by atomic mass is 16.3. The Morgan fingerprint density at radius 2 is 1.93 bits per heavy atom. The smallest absolute Gasteiger partial charge is 0.287 e. The topological polar surface area (TPSA) is 71.3 Å². The second-order valence-electron chi connectivity index (χ2n) is 8.11. The van der Waals surface area contributed by atoms with Crippen LogP contribution < -0.4 is 10.2 Å². The van der Waals surface area contributed by atoms with Crippen molar-refractivity contribution in [1.29, 1.82) is 0 Å². The minimum atomic E-state index is -0.130. The lowest BCUT2D eigenvalue weighted by Gasteiger charge is -2.35. The van der Waals surface area contributed by atoms with Crippen molar-refractivity contribution in [3.05, 3.63) is 53.2 Å². The number of amides is 1. The fourth-order valence-corrected chi connectivity index (χ4v) is 4.54. The summed E-state index contributed by atoms with van der Waals surface area (Å²) in [6, 6.07) is 9.67. The van der Waals surface area contributed by atoms with Gasteiger partial charge < -0.3 is 14.6 Å². The minimum Gasteiger partial charge on any atom is -0.451 e. The second kappa shape index (κ2) is 7.50. The van der Waals surface area contributed by atoms with E-state index < -0.39 is 0 Å². The number of hydrogen-bond donors (Lipinski definition) is 1. The molecule has 2 aromatic heterocycles. The van der Waals surface area contributed by atoms with Crippen LogP contribution in [0.5, 0.6) is 0 Å². The summed E-state index contributed by atoms with van der Waals surface area (Å²) in [6.45, 7) is 3.78. The van der Waals surface area contributed by atoms with E-state index in [4.69, 9.17) is 9.40 Å². The zero-order valence-corrected chi connectivity index (χ0v) is 16.8. The van der Waals surface area contributed by atoms with Crippen molar-refractivity contribution in [3.63, 3.8) is 0 Å². The van der Waals surface area contributed by atoms with Gasteiger partial charge in [-0.05, 0) is 57.6 Å². The number of aromatic nitrogens is 2. The number of fused-ring (bicyclic) bond motifs is 2. The number of para-hydroxylation sites is 1. The van der Waals surface area contributed by atoms with Crippen molar-refractivity contribution in [2.75, 3.05) is 18.0 Å². The van der Waals surface area contributed by atoms with Crippen molar-refractivity contribution in [3.8, 4) is 0 Å². The number of aryl methyl sites for hydroxylation is 2. The third kappa shape index (κ3) is 3.59. The van der Waals surface area contributed by atoms with Crippen molar-refractivity contribution in [2.45, 2.75) is 51.5 Å². The molecule has 5 rings (SSSR count). The molecule has 1 saturated heterocycles. The van der Waals surface area contributed by atoms with Crippen molar-refractivity contribution >= 4 is 22.7 Å². The molecule has 0 radical (unpaired) electrons. The van der Waals surface area contributed by atoms with E-state index in [1.165, 1.54) is 24.1 Å². The largest absolute Gasteiger partial charge is 0.451 e. The van der Waals surface area contributed by atoms with E-state index >= 15 is 0 Å². The van der Waals surface area contributed by atoms with Crippen molar-refractivity contribution < 1.29 is 9.21 Å². The number of anilines is 1. The zero-order valence-electron chi connectivity index (χ0n) is 16.8. The maximum Gasteiger partial charge on any atom is 0.287 e. The molecule has 1 aromatic carbocycles. The third-order valence-corrected chi connectivity index (χ3v) is 6.05. The summed E-state index contributed by atoms with van der Waals surface area (Å²) in [6.07, 6.45) is 6.40. The van der Waals surface area contributed by atoms with Crippen LogP contribution in [0, 0.1) is 6.92 Å². The molecule has 6 nitrogen and oxygen atoms in total. The Bertz CT molecular complexity index is 1020. The van der Waals surface area contributed by atoms with Gasteiger partial charge in [0.2, 0.25) is 0 Å². The summed E-state index contributed by atoms with van der Waals surface area (Å²) in [5.74, 6) is 2.24. The molecule has 1 fully saturated rings. The van der Waals surface area contributed by atoms with Gasteiger partial charge in [-0.1, -0.05) is 18.2 Å². The molecule has 29 heavy (non-hydrogen) atoms. The number of benzene rings is 1. The number of carbonyl (C=O) groups is 1. The Labute approximate surface area is 170 Å². The molecule has 1 aliphatic carbocycles. The van der Waals surface area contributed by atoms with Crippen LogP contribution in [0.25, 0.3) is 11.0 Å². The fourth-order valence-electron chi connectivity index (χ4n) is 4.54. The van der Waals surface area contributed by atoms with Gasteiger partial charge in [-0.25, -0.2) is 9.97 Å². The molecule has 150 valence electrons. The molecule has 1 aliphatic heterocycles. The Kier molecular flexibility index (Phi) is 4.70. The molecule has 0 saturated carbocycles. The molecule has 2 aliphatic rings. The van der Waals surface area contributed by atoms with Gasteiger partial charge in [0.25, 0.3) is 5.91 Å². The number of carbonyl (C=O) groups excluding carboxylic acids is 1. The number of hydrogen-bond acceptors (Lipinski definition) is 5. The lowest BCUT2D eigenvalue weighted by molar-refractivity contribution is 0.0905. The van der Waals surface area contributed by atoms with E-state index in [-0.39, 0.29) is 11.9 Å². The molecule has 3 heterocycles. The van der Waals surface area contributed by atoms with E-state index in [2.05, 4.69) is 15.2 Å². The van der Waals surface area contributed by atoms with Gasteiger partial charge in [-0.3, -0.25) is 4.79 Å². The highest BCUT2D eigenvalue weighted by Crippen LogP contribution is 2.30. The van der Waals surface area contributed by atoms with Crippen molar-refractivity contribution in [2.24, 2.45) is 0 Å². The summed E-state index contributed by atoms with van der Waals surface area (Å²) in [4.78, 5) is 24.5. The summed E-state index contributed by atoms with van der Waals surface area (Å²) < 4.78 is 5.70. The van der Waals surface area contributed by atoms with Gasteiger partial charge in [0.15, 0.2) is 5.76 Å². The zero-order chi connectivity index (χ0) is 19.8. The quantitative estimate of drug-likeness (QED) is 0.736. The first-order chi connectivity index (χ1) is 14.2. The maximum absolute atomic E-state index is 12.6. The van der Waals surface area contributed by atoms with Crippen LogP contribution in [0.1, 0.15) is 53.3 Å². The number of furan rings is 1. The molecule has 3 aromatic rings. The Balaban J connectivity index is 1.25. The van der Waals surface area contributed by atoms with Gasteiger partial charge in [-0.15, -0.1) is 0 Å². The van der Waals surface area contributed by atoms with Crippen LogP contribution in [0.2, 0.25) is 0 Å². The predicted octanol–water partition coefficient (Wildman–Crippen LogP) is 3.81. The summed E-state index contributed by atoms with van der Waals surface area (Å²) >= 11 is 0. The molecular weight excluding hydrogens is 364 g/mol. The monoisotopic (exact) mass is 390 g/mol. The predicted molar refractivity (Wildman–Crippen MR) is 112 cm³/mol. The Hall–Kier alpha value is -2.89. The standard InChI is InChI=1S/C23H26N4O2/c1-15-24-19-8-4-3-7-18(19)22(25-15)27-12-10-17(11-13-27)26-23(28)21-14-16-6-2-5-9-20(16)29-21/h2,5-6,9,14,17H,3-4,7-8,10-13H2,1H3,(H,26,28). The molecule has 0 bridgehead atoms. The molecule has 1 amide bonds. The maximum atomic E-state index is 12.6. The molecule has 0 spiro atoms. The number of nitrogens with one attached hydrogen (secondary N) is 1. The van der Waals surface area contributed by atoms with Gasteiger partial charge in [0.1, 0.15) is 17.2 Å². The van der Waals surface area contributed by atoms with Gasteiger partial charge in [0.05, 0.1) is 0 Å². The number of rotatable bonds is 3.